The molecule has 0 fully saturated rings. The van der Waals surface area contributed by atoms with Gasteiger partial charge in [-0.15, -0.1) is 6.58 Å². The number of allylic oxidation sites excluding steroid dienone is 1. The van der Waals surface area contributed by atoms with Gasteiger partial charge in [0.25, 0.3) is 5.91 Å². The summed E-state index contributed by atoms with van der Waals surface area (Å²) in [7, 11) is 0. The zero-order chi connectivity index (χ0) is 18.5. The highest BCUT2D eigenvalue weighted by Crippen LogP contribution is 2.23. The van der Waals surface area contributed by atoms with Crippen molar-refractivity contribution in [2.75, 3.05) is 6.61 Å². The minimum Gasteiger partial charge on any atom is -0.493 e. The van der Waals surface area contributed by atoms with Gasteiger partial charge >= 0.3 is 0 Å². The molecular formula is C21H22N2O2S. The Morgan fingerprint density at radius 2 is 2.04 bits per heavy atom. The van der Waals surface area contributed by atoms with Crippen molar-refractivity contribution in [2.45, 2.75) is 26.8 Å². The van der Waals surface area contributed by atoms with Gasteiger partial charge in [0.05, 0.1) is 23.2 Å². The molecule has 0 N–H and O–H groups in total. The number of ether oxygens (including phenoxy) is 1. The summed E-state index contributed by atoms with van der Waals surface area (Å²) in [6.07, 6.45) is 2.07. The summed E-state index contributed by atoms with van der Waals surface area (Å²) in [6.45, 7) is 8.93. The van der Waals surface area contributed by atoms with Crippen molar-refractivity contribution < 1.29 is 9.53 Å². The smallest absolute Gasteiger partial charge is 0.251 e. The minimum atomic E-state index is -0.181. The number of benzene rings is 2. The maximum atomic E-state index is 12.3. The first kappa shape index (κ1) is 18.1. The van der Waals surface area contributed by atoms with Crippen molar-refractivity contribution >= 4 is 27.5 Å². The van der Waals surface area contributed by atoms with Crippen LogP contribution in [0.25, 0.3) is 10.2 Å². The van der Waals surface area contributed by atoms with E-state index in [4.69, 9.17) is 4.74 Å². The Bertz CT molecular complexity index is 1000. The van der Waals surface area contributed by atoms with E-state index in [9.17, 15) is 4.79 Å². The SMILES string of the molecule is C=CCn1c(=NC(=O)CCOc2ccccc2)sc2c(C)cc(C)cc21. The molecule has 0 unspecified atom stereocenters. The molecule has 0 aliphatic rings. The first-order valence-electron chi connectivity index (χ1n) is 8.55. The van der Waals surface area contributed by atoms with Gasteiger partial charge in [0.2, 0.25) is 0 Å². The zero-order valence-corrected chi connectivity index (χ0v) is 15.9. The molecule has 0 saturated carbocycles. The quantitative estimate of drug-likeness (QED) is 0.607. The van der Waals surface area contributed by atoms with Gasteiger partial charge in [-0.2, -0.15) is 4.99 Å². The van der Waals surface area contributed by atoms with Gasteiger partial charge in [0.15, 0.2) is 4.80 Å². The number of aryl methyl sites for hydroxylation is 2. The van der Waals surface area contributed by atoms with Gasteiger partial charge in [-0.25, -0.2) is 0 Å². The van der Waals surface area contributed by atoms with Crippen molar-refractivity contribution in [3.05, 3.63) is 71.0 Å². The lowest BCUT2D eigenvalue weighted by molar-refractivity contribution is -0.118. The molecule has 0 atom stereocenters. The number of carbonyl (C=O) groups is 1. The molecule has 5 heteroatoms. The van der Waals surface area contributed by atoms with E-state index in [1.54, 1.807) is 11.3 Å². The van der Waals surface area contributed by atoms with Crippen LogP contribution >= 0.6 is 11.3 Å². The number of para-hydroxylation sites is 1. The lowest BCUT2D eigenvalue weighted by atomic mass is 10.1. The molecule has 134 valence electrons. The topological polar surface area (TPSA) is 43.6 Å². The Balaban J connectivity index is 1.83. The molecule has 1 heterocycles. The third-order valence-electron chi connectivity index (χ3n) is 3.97. The molecule has 1 aromatic heterocycles. The molecule has 2 aromatic carbocycles. The van der Waals surface area contributed by atoms with Gasteiger partial charge in [-0.1, -0.05) is 41.7 Å². The minimum absolute atomic E-state index is 0.181. The molecule has 0 bridgehead atoms. The van der Waals surface area contributed by atoms with Crippen LogP contribution in [0, 0.1) is 13.8 Å². The summed E-state index contributed by atoms with van der Waals surface area (Å²) in [6, 6.07) is 13.8. The third-order valence-corrected chi connectivity index (χ3v) is 5.20. The van der Waals surface area contributed by atoms with E-state index < -0.39 is 0 Å². The summed E-state index contributed by atoms with van der Waals surface area (Å²) in [5.74, 6) is 0.578. The number of fused-ring (bicyclic) bond motifs is 1. The predicted molar refractivity (Wildman–Crippen MR) is 107 cm³/mol. The van der Waals surface area contributed by atoms with Crippen LogP contribution in [0.4, 0.5) is 0 Å². The van der Waals surface area contributed by atoms with Crippen molar-refractivity contribution in [3.63, 3.8) is 0 Å². The van der Waals surface area contributed by atoms with Gasteiger partial charge in [0, 0.05) is 6.54 Å². The molecule has 3 aromatic rings. The molecule has 0 aliphatic heterocycles. The summed E-state index contributed by atoms with van der Waals surface area (Å²) in [5.41, 5.74) is 3.49. The average Bonchev–Trinajstić information content (AvgIpc) is 2.94. The molecule has 0 radical (unpaired) electrons. The number of hydrogen-bond acceptors (Lipinski definition) is 3. The van der Waals surface area contributed by atoms with Gasteiger partial charge in [0.1, 0.15) is 5.75 Å². The molecule has 1 amide bonds. The van der Waals surface area contributed by atoms with Gasteiger partial charge in [-0.3, -0.25) is 4.79 Å². The van der Waals surface area contributed by atoms with Crippen molar-refractivity contribution in [1.29, 1.82) is 0 Å². The molecule has 3 rings (SSSR count). The van der Waals surface area contributed by atoms with E-state index in [-0.39, 0.29) is 12.3 Å². The second-order valence-electron chi connectivity index (χ2n) is 6.13. The van der Waals surface area contributed by atoms with Crippen LogP contribution < -0.4 is 9.54 Å². The Hall–Kier alpha value is -2.66. The Labute approximate surface area is 157 Å². The van der Waals surface area contributed by atoms with Crippen LogP contribution in [0.1, 0.15) is 17.5 Å². The lowest BCUT2D eigenvalue weighted by Crippen LogP contribution is -2.17. The Kier molecular flexibility index (Phi) is 5.68. The van der Waals surface area contributed by atoms with Crippen LogP contribution in [0.5, 0.6) is 5.75 Å². The van der Waals surface area contributed by atoms with Crippen LogP contribution in [0.15, 0.2) is 60.1 Å². The fourth-order valence-electron chi connectivity index (χ4n) is 2.84. The molecular weight excluding hydrogens is 344 g/mol. The number of nitrogens with zero attached hydrogens (tertiary/aromatic N) is 2. The van der Waals surface area contributed by atoms with E-state index in [0.29, 0.717) is 18.0 Å². The number of amides is 1. The van der Waals surface area contributed by atoms with E-state index in [2.05, 4.69) is 37.6 Å². The average molecular weight is 366 g/mol. The highest BCUT2D eigenvalue weighted by Gasteiger charge is 2.10. The van der Waals surface area contributed by atoms with E-state index >= 15 is 0 Å². The third kappa shape index (κ3) is 4.11. The van der Waals surface area contributed by atoms with Crippen molar-refractivity contribution in [1.82, 2.24) is 4.57 Å². The van der Waals surface area contributed by atoms with Crippen molar-refractivity contribution in [2.24, 2.45) is 4.99 Å². The van der Waals surface area contributed by atoms with Crippen LogP contribution in [-0.2, 0) is 11.3 Å². The van der Waals surface area contributed by atoms with Crippen molar-refractivity contribution in [3.8, 4) is 5.75 Å². The summed E-state index contributed by atoms with van der Waals surface area (Å²) in [5, 5.41) is 0. The summed E-state index contributed by atoms with van der Waals surface area (Å²) < 4.78 is 8.79. The number of hydrogen-bond donors (Lipinski definition) is 0. The van der Waals surface area contributed by atoms with E-state index in [1.165, 1.54) is 11.1 Å². The zero-order valence-electron chi connectivity index (χ0n) is 15.1. The Morgan fingerprint density at radius 1 is 1.27 bits per heavy atom. The normalized spacial score (nSPS) is 11.7. The number of rotatable bonds is 6. The largest absolute Gasteiger partial charge is 0.493 e. The molecule has 26 heavy (non-hydrogen) atoms. The second kappa shape index (κ2) is 8.15. The second-order valence-corrected chi connectivity index (χ2v) is 7.11. The number of carbonyl (C=O) groups excluding carboxylic acids is 1. The van der Waals surface area contributed by atoms with Crippen LogP contribution in [0.3, 0.4) is 0 Å². The van der Waals surface area contributed by atoms with E-state index in [1.807, 2.05) is 41.0 Å². The van der Waals surface area contributed by atoms with Gasteiger partial charge < -0.3 is 9.30 Å². The highest BCUT2D eigenvalue weighted by molar-refractivity contribution is 7.16. The summed E-state index contributed by atoms with van der Waals surface area (Å²) in [4.78, 5) is 17.3. The predicted octanol–water partition coefficient (Wildman–Crippen LogP) is 4.40. The van der Waals surface area contributed by atoms with Gasteiger partial charge in [-0.05, 0) is 43.2 Å². The number of thiazole rings is 1. The molecule has 0 spiro atoms. The fourth-order valence-corrected chi connectivity index (χ4v) is 3.95. The summed E-state index contributed by atoms with van der Waals surface area (Å²) >= 11 is 1.54. The van der Waals surface area contributed by atoms with E-state index in [0.717, 1.165) is 16.0 Å². The maximum absolute atomic E-state index is 12.3. The van der Waals surface area contributed by atoms with Crippen LogP contribution in [-0.4, -0.2) is 17.1 Å². The molecule has 0 aliphatic carbocycles. The first-order chi connectivity index (χ1) is 12.6. The lowest BCUT2D eigenvalue weighted by Gasteiger charge is -2.04. The fraction of sp³-hybridized carbons (Fsp3) is 0.238. The first-order valence-corrected chi connectivity index (χ1v) is 9.37. The van der Waals surface area contributed by atoms with Crippen LogP contribution in [0.2, 0.25) is 0 Å². The molecule has 4 nitrogen and oxygen atoms in total. The molecule has 0 saturated heterocycles. The standard InChI is InChI=1S/C21H22N2O2S/c1-4-11-23-18-14-15(2)13-16(3)20(18)26-21(23)22-19(24)10-12-25-17-8-6-5-7-9-17/h4-9,13-14H,1,10-12H2,2-3H3. The highest BCUT2D eigenvalue weighted by atomic mass is 32.1. The monoisotopic (exact) mass is 366 g/mol. The maximum Gasteiger partial charge on any atom is 0.251 e. The number of aromatic nitrogens is 1. The Morgan fingerprint density at radius 3 is 2.77 bits per heavy atom.